The minimum atomic E-state index is -3.13. The van der Waals surface area contributed by atoms with Crippen LogP contribution < -0.4 is 14.8 Å². The first-order valence-electron chi connectivity index (χ1n) is 8.63. The molecular formula is C17H31IN4O3S. The fraction of sp³-hybridized carbons (Fsp3) is 0.588. The van der Waals surface area contributed by atoms with Crippen LogP contribution in [-0.4, -0.2) is 64.9 Å². The van der Waals surface area contributed by atoms with Gasteiger partial charge in [0.15, 0.2) is 5.96 Å². The lowest BCUT2D eigenvalue weighted by atomic mass is 10.3. The summed E-state index contributed by atoms with van der Waals surface area (Å²) in [5, 5.41) is 3.23. The van der Waals surface area contributed by atoms with E-state index in [1.807, 2.05) is 49.2 Å². The van der Waals surface area contributed by atoms with Crippen molar-refractivity contribution < 1.29 is 13.2 Å². The first-order valence-corrected chi connectivity index (χ1v) is 10.3. The number of ether oxygens (including phenoxy) is 1. The van der Waals surface area contributed by atoms with Crippen molar-refractivity contribution >= 4 is 40.0 Å². The molecule has 0 spiro atoms. The average Bonchev–Trinajstić information content (AvgIpc) is 2.61. The second-order valence-corrected chi connectivity index (χ2v) is 7.57. The van der Waals surface area contributed by atoms with Crippen molar-refractivity contribution in [3.05, 3.63) is 30.3 Å². The lowest BCUT2D eigenvalue weighted by molar-refractivity contribution is 0.281. The van der Waals surface area contributed by atoms with Gasteiger partial charge in [-0.05, 0) is 32.4 Å². The number of likely N-dealkylation sites (N-methyl/N-ethyl adjacent to an activating group) is 1. The molecule has 0 aliphatic rings. The average molecular weight is 498 g/mol. The molecule has 0 bridgehead atoms. The van der Waals surface area contributed by atoms with E-state index in [2.05, 4.69) is 15.0 Å². The number of hydrogen-bond acceptors (Lipinski definition) is 4. The molecule has 0 radical (unpaired) electrons. The maximum absolute atomic E-state index is 11.4. The number of hydrogen-bond donors (Lipinski definition) is 2. The SMILES string of the molecule is CCNC(=NCCCNS(=O)(=O)CC)N(C)CCOc1ccccc1.I. The number of guanidine groups is 1. The van der Waals surface area contributed by atoms with Crippen molar-refractivity contribution in [1.29, 1.82) is 0 Å². The second-order valence-electron chi connectivity index (χ2n) is 5.47. The van der Waals surface area contributed by atoms with Crippen molar-refractivity contribution in [2.75, 3.05) is 45.6 Å². The van der Waals surface area contributed by atoms with Gasteiger partial charge >= 0.3 is 0 Å². The molecule has 0 aliphatic heterocycles. The Bertz CT molecular complexity index is 612. The molecule has 1 aromatic rings. The molecule has 0 saturated carbocycles. The van der Waals surface area contributed by atoms with E-state index in [-0.39, 0.29) is 29.7 Å². The molecule has 26 heavy (non-hydrogen) atoms. The largest absolute Gasteiger partial charge is 0.492 e. The predicted octanol–water partition coefficient (Wildman–Crippen LogP) is 1.91. The zero-order chi connectivity index (χ0) is 18.5. The van der Waals surface area contributed by atoms with E-state index in [0.717, 1.165) is 18.3 Å². The van der Waals surface area contributed by atoms with Crippen LogP contribution in [0.15, 0.2) is 35.3 Å². The Hall–Kier alpha value is -1.07. The summed E-state index contributed by atoms with van der Waals surface area (Å²) in [6, 6.07) is 9.69. The Morgan fingerprint density at radius 1 is 1.23 bits per heavy atom. The number of rotatable bonds is 11. The van der Waals surface area contributed by atoms with E-state index in [0.29, 0.717) is 32.7 Å². The highest BCUT2D eigenvalue weighted by Gasteiger charge is 2.07. The standard InChI is InChI=1S/C17H30N4O3S.HI/c1-4-18-17(19-12-9-13-20-25(22,23)5-2)21(3)14-15-24-16-10-7-6-8-11-16;/h6-8,10-11,20H,4-5,9,12-15H2,1-3H3,(H,18,19);1H. The molecule has 0 saturated heterocycles. The van der Waals surface area contributed by atoms with E-state index in [9.17, 15) is 8.42 Å². The third-order valence-electron chi connectivity index (χ3n) is 3.43. The molecule has 1 rings (SSSR count). The van der Waals surface area contributed by atoms with Gasteiger partial charge in [-0.3, -0.25) is 4.99 Å². The van der Waals surface area contributed by atoms with E-state index in [1.165, 1.54) is 0 Å². The molecule has 0 atom stereocenters. The summed E-state index contributed by atoms with van der Waals surface area (Å²) in [6.45, 7) is 6.61. The number of nitrogens with zero attached hydrogens (tertiary/aromatic N) is 2. The summed E-state index contributed by atoms with van der Waals surface area (Å²) in [6.07, 6.45) is 0.655. The van der Waals surface area contributed by atoms with E-state index in [1.54, 1.807) is 6.92 Å². The lowest BCUT2D eigenvalue weighted by Gasteiger charge is -2.22. The highest BCUT2D eigenvalue weighted by molar-refractivity contribution is 14.0. The van der Waals surface area contributed by atoms with Crippen molar-refractivity contribution in [1.82, 2.24) is 14.9 Å². The minimum absolute atomic E-state index is 0. The predicted molar refractivity (Wildman–Crippen MR) is 118 cm³/mol. The molecule has 0 amide bonds. The van der Waals surface area contributed by atoms with Crippen LogP contribution in [0.4, 0.5) is 0 Å². The Balaban J connectivity index is 0.00000625. The highest BCUT2D eigenvalue weighted by atomic mass is 127. The second kappa shape index (κ2) is 14.0. The summed E-state index contributed by atoms with van der Waals surface area (Å²) in [5.74, 6) is 1.74. The van der Waals surface area contributed by atoms with Crippen LogP contribution in [0.3, 0.4) is 0 Å². The van der Waals surface area contributed by atoms with Crippen LogP contribution in [0, 0.1) is 0 Å². The summed E-state index contributed by atoms with van der Waals surface area (Å²) in [4.78, 5) is 6.53. The van der Waals surface area contributed by atoms with Crippen molar-refractivity contribution in [2.45, 2.75) is 20.3 Å². The van der Waals surface area contributed by atoms with E-state index >= 15 is 0 Å². The molecule has 9 heteroatoms. The molecular weight excluding hydrogens is 467 g/mol. The first kappa shape index (κ1) is 24.9. The Morgan fingerprint density at radius 2 is 1.92 bits per heavy atom. The third-order valence-corrected chi connectivity index (χ3v) is 4.84. The van der Waals surface area contributed by atoms with Gasteiger partial charge in [-0.25, -0.2) is 13.1 Å². The van der Waals surface area contributed by atoms with Gasteiger partial charge < -0.3 is 15.0 Å². The quantitative estimate of drug-likeness (QED) is 0.211. The van der Waals surface area contributed by atoms with E-state index in [4.69, 9.17) is 4.74 Å². The zero-order valence-corrected chi connectivity index (χ0v) is 18.9. The fourth-order valence-electron chi connectivity index (χ4n) is 1.99. The number of sulfonamides is 1. The smallest absolute Gasteiger partial charge is 0.211 e. The molecule has 0 unspecified atom stereocenters. The monoisotopic (exact) mass is 498 g/mol. The first-order chi connectivity index (χ1) is 12.0. The molecule has 0 aliphatic carbocycles. The van der Waals surface area contributed by atoms with Gasteiger partial charge in [-0.1, -0.05) is 18.2 Å². The van der Waals surface area contributed by atoms with Gasteiger partial charge in [0.05, 0.1) is 12.3 Å². The molecule has 0 fully saturated rings. The van der Waals surface area contributed by atoms with Crippen LogP contribution in [0.1, 0.15) is 20.3 Å². The van der Waals surface area contributed by atoms with Gasteiger partial charge in [0.2, 0.25) is 10.0 Å². The summed E-state index contributed by atoms with van der Waals surface area (Å²) < 4.78 is 31.0. The molecule has 0 aromatic heterocycles. The van der Waals surface area contributed by atoms with Gasteiger partial charge in [0, 0.05) is 26.7 Å². The Labute approximate surface area is 174 Å². The number of nitrogens with one attached hydrogen (secondary N) is 2. The molecule has 2 N–H and O–H groups in total. The topological polar surface area (TPSA) is 83.0 Å². The van der Waals surface area contributed by atoms with Crippen LogP contribution in [-0.2, 0) is 10.0 Å². The van der Waals surface area contributed by atoms with Crippen LogP contribution in [0.25, 0.3) is 0 Å². The highest BCUT2D eigenvalue weighted by Crippen LogP contribution is 2.07. The Kier molecular flexibility index (Phi) is 13.5. The van der Waals surface area contributed by atoms with Crippen LogP contribution >= 0.6 is 24.0 Å². The fourth-order valence-corrected chi connectivity index (χ4v) is 2.65. The maximum Gasteiger partial charge on any atom is 0.211 e. The van der Waals surface area contributed by atoms with Crippen molar-refractivity contribution in [3.63, 3.8) is 0 Å². The van der Waals surface area contributed by atoms with Crippen LogP contribution in [0.2, 0.25) is 0 Å². The van der Waals surface area contributed by atoms with Crippen molar-refractivity contribution in [3.8, 4) is 5.75 Å². The van der Waals surface area contributed by atoms with Gasteiger partial charge in [-0.15, -0.1) is 24.0 Å². The van der Waals surface area contributed by atoms with Crippen LogP contribution in [0.5, 0.6) is 5.75 Å². The number of para-hydroxylation sites is 1. The number of benzene rings is 1. The maximum atomic E-state index is 11.4. The zero-order valence-electron chi connectivity index (χ0n) is 15.8. The molecule has 7 nitrogen and oxygen atoms in total. The summed E-state index contributed by atoms with van der Waals surface area (Å²) >= 11 is 0. The number of halogens is 1. The molecule has 150 valence electrons. The van der Waals surface area contributed by atoms with Crippen molar-refractivity contribution in [2.24, 2.45) is 4.99 Å². The Morgan fingerprint density at radius 3 is 2.54 bits per heavy atom. The minimum Gasteiger partial charge on any atom is -0.492 e. The molecule has 0 heterocycles. The normalized spacial score (nSPS) is 11.6. The lowest BCUT2D eigenvalue weighted by Crippen LogP contribution is -2.41. The van der Waals surface area contributed by atoms with Gasteiger partial charge in [0.1, 0.15) is 12.4 Å². The van der Waals surface area contributed by atoms with Gasteiger partial charge in [0.25, 0.3) is 0 Å². The van der Waals surface area contributed by atoms with E-state index < -0.39 is 10.0 Å². The summed E-state index contributed by atoms with van der Waals surface area (Å²) in [5.41, 5.74) is 0. The van der Waals surface area contributed by atoms with Gasteiger partial charge in [-0.2, -0.15) is 0 Å². The molecule has 1 aromatic carbocycles. The number of aliphatic imine (C=N–C) groups is 1. The summed E-state index contributed by atoms with van der Waals surface area (Å²) in [7, 11) is -1.17. The third kappa shape index (κ3) is 10.8.